The van der Waals surface area contributed by atoms with E-state index in [1.807, 2.05) is 12.1 Å². The minimum absolute atomic E-state index is 0.0409. The lowest BCUT2D eigenvalue weighted by atomic mass is 9.91. The molecule has 2 N–H and O–H groups in total. The van der Waals surface area contributed by atoms with Crippen LogP contribution in [0, 0.1) is 0 Å². The third-order valence-corrected chi connectivity index (χ3v) is 5.81. The van der Waals surface area contributed by atoms with E-state index in [1.165, 1.54) is 37.7 Å². The largest absolute Gasteiger partial charge is 0.491 e. The number of aliphatic hydroxyl groups is 2. The summed E-state index contributed by atoms with van der Waals surface area (Å²) in [5.41, 5.74) is 1.29. The second-order valence-corrected chi connectivity index (χ2v) is 7.65. The van der Waals surface area contributed by atoms with Crippen LogP contribution in [-0.4, -0.2) is 71.6 Å². The maximum Gasteiger partial charge on any atom is 0.119 e. The lowest BCUT2D eigenvalue weighted by molar-refractivity contribution is 0.0137. The fraction of sp³-hybridized carbons (Fsp3) is 0.714. The van der Waals surface area contributed by atoms with Crippen molar-refractivity contribution in [3.05, 3.63) is 29.8 Å². The van der Waals surface area contributed by atoms with E-state index in [9.17, 15) is 5.11 Å². The van der Waals surface area contributed by atoms with Gasteiger partial charge in [0, 0.05) is 44.9 Å². The van der Waals surface area contributed by atoms with E-state index in [2.05, 4.69) is 21.9 Å². The van der Waals surface area contributed by atoms with Crippen LogP contribution in [0.1, 0.15) is 44.1 Å². The Hall–Kier alpha value is -1.14. The number of piperazine rings is 1. The first-order valence-corrected chi connectivity index (χ1v) is 10.2. The molecule has 2 aliphatic rings. The fourth-order valence-electron chi connectivity index (χ4n) is 4.49. The van der Waals surface area contributed by atoms with Crippen LogP contribution in [0.5, 0.6) is 5.75 Å². The molecule has 2 fully saturated rings. The van der Waals surface area contributed by atoms with Crippen LogP contribution in [0.4, 0.5) is 0 Å². The highest BCUT2D eigenvalue weighted by Gasteiger charge is 2.32. The Morgan fingerprint density at radius 3 is 2.42 bits per heavy atom. The third kappa shape index (κ3) is 5.43. The summed E-state index contributed by atoms with van der Waals surface area (Å²) >= 11 is 0. The molecule has 1 saturated carbocycles. The van der Waals surface area contributed by atoms with Gasteiger partial charge in [-0.3, -0.25) is 9.80 Å². The molecule has 0 amide bonds. The highest BCUT2D eigenvalue weighted by molar-refractivity contribution is 5.27. The second-order valence-electron chi connectivity index (χ2n) is 7.65. The van der Waals surface area contributed by atoms with E-state index < -0.39 is 0 Å². The molecule has 5 heteroatoms. The summed E-state index contributed by atoms with van der Waals surface area (Å²) < 4.78 is 5.43. The van der Waals surface area contributed by atoms with Crippen molar-refractivity contribution in [2.45, 2.75) is 57.2 Å². The Morgan fingerprint density at radius 2 is 1.73 bits per heavy atom. The normalized spacial score (nSPS) is 23.2. The maximum absolute atomic E-state index is 9.54. The predicted octanol–water partition coefficient (Wildman–Crippen LogP) is 2.26. The number of hydrogen-bond donors (Lipinski definition) is 2. The van der Waals surface area contributed by atoms with Gasteiger partial charge in [-0.2, -0.15) is 0 Å². The van der Waals surface area contributed by atoms with Crippen LogP contribution in [0.3, 0.4) is 0 Å². The zero-order valence-corrected chi connectivity index (χ0v) is 15.9. The maximum atomic E-state index is 9.54. The number of hydrogen-bond acceptors (Lipinski definition) is 5. The highest BCUT2D eigenvalue weighted by atomic mass is 16.5. The summed E-state index contributed by atoms with van der Waals surface area (Å²) in [6.07, 6.45) is 7.65. The number of ether oxygens (including phenoxy) is 1. The molecule has 1 aromatic rings. The van der Waals surface area contributed by atoms with Crippen LogP contribution >= 0.6 is 0 Å². The van der Waals surface area contributed by atoms with Gasteiger partial charge in [-0.15, -0.1) is 0 Å². The Bertz CT molecular complexity index is 516. The SMILES string of the molecule is OCCOc1ccc(CN2CCN(C3CCCCC3)[C@H](CCO)C2)cc1. The van der Waals surface area contributed by atoms with Crippen molar-refractivity contribution in [1.29, 1.82) is 0 Å². The molecule has 0 radical (unpaired) electrons. The lowest BCUT2D eigenvalue weighted by Crippen LogP contribution is -2.56. The molecule has 0 spiro atoms. The van der Waals surface area contributed by atoms with Gasteiger partial charge >= 0.3 is 0 Å². The standard InChI is InChI=1S/C21H34N2O3/c24-13-10-20-17-22(11-12-23(20)19-4-2-1-3-5-19)16-18-6-8-21(9-7-18)26-15-14-25/h6-9,19-20,24-25H,1-5,10-17H2/t20-/m1/s1. The van der Waals surface area contributed by atoms with Crippen molar-refractivity contribution in [3.8, 4) is 5.75 Å². The Labute approximate surface area is 157 Å². The monoisotopic (exact) mass is 362 g/mol. The van der Waals surface area contributed by atoms with E-state index in [0.29, 0.717) is 12.6 Å². The molecule has 0 aromatic heterocycles. The average Bonchev–Trinajstić information content (AvgIpc) is 2.69. The van der Waals surface area contributed by atoms with Gasteiger partial charge in [-0.1, -0.05) is 31.4 Å². The quantitative estimate of drug-likeness (QED) is 0.743. The molecule has 26 heavy (non-hydrogen) atoms. The summed E-state index contributed by atoms with van der Waals surface area (Å²) in [5.74, 6) is 0.808. The summed E-state index contributed by atoms with van der Waals surface area (Å²) in [7, 11) is 0. The molecule has 1 heterocycles. The van der Waals surface area contributed by atoms with E-state index in [0.717, 1.165) is 44.4 Å². The van der Waals surface area contributed by atoms with E-state index >= 15 is 0 Å². The van der Waals surface area contributed by atoms with Crippen molar-refractivity contribution >= 4 is 0 Å². The molecule has 1 saturated heterocycles. The van der Waals surface area contributed by atoms with Crippen molar-refractivity contribution in [2.24, 2.45) is 0 Å². The van der Waals surface area contributed by atoms with Crippen molar-refractivity contribution in [1.82, 2.24) is 9.80 Å². The van der Waals surface area contributed by atoms with Crippen LogP contribution in [0.2, 0.25) is 0 Å². The molecule has 1 aliphatic carbocycles. The zero-order valence-electron chi connectivity index (χ0n) is 15.9. The van der Waals surface area contributed by atoms with E-state index in [-0.39, 0.29) is 13.2 Å². The van der Waals surface area contributed by atoms with Crippen LogP contribution in [-0.2, 0) is 6.54 Å². The van der Waals surface area contributed by atoms with Crippen LogP contribution < -0.4 is 4.74 Å². The van der Waals surface area contributed by atoms with Gasteiger partial charge < -0.3 is 14.9 Å². The van der Waals surface area contributed by atoms with E-state index in [4.69, 9.17) is 9.84 Å². The molecular weight excluding hydrogens is 328 g/mol. The zero-order chi connectivity index (χ0) is 18.2. The van der Waals surface area contributed by atoms with Crippen molar-refractivity contribution in [3.63, 3.8) is 0 Å². The number of rotatable bonds is 8. The van der Waals surface area contributed by atoms with Gasteiger partial charge in [-0.25, -0.2) is 0 Å². The molecule has 3 rings (SSSR count). The van der Waals surface area contributed by atoms with Gasteiger partial charge in [-0.05, 0) is 37.0 Å². The molecule has 0 bridgehead atoms. The first-order chi connectivity index (χ1) is 12.8. The average molecular weight is 363 g/mol. The fourth-order valence-corrected chi connectivity index (χ4v) is 4.49. The van der Waals surface area contributed by atoms with E-state index in [1.54, 1.807) is 0 Å². The van der Waals surface area contributed by atoms with Crippen LogP contribution in [0.15, 0.2) is 24.3 Å². The molecule has 1 atom stereocenters. The summed E-state index contributed by atoms with van der Waals surface area (Å²) in [6, 6.07) is 9.39. The topological polar surface area (TPSA) is 56.2 Å². The highest BCUT2D eigenvalue weighted by Crippen LogP contribution is 2.27. The molecule has 1 aliphatic heterocycles. The summed E-state index contributed by atoms with van der Waals surface area (Å²) in [5, 5.41) is 18.4. The third-order valence-electron chi connectivity index (χ3n) is 5.81. The van der Waals surface area contributed by atoms with Crippen LogP contribution in [0.25, 0.3) is 0 Å². The summed E-state index contributed by atoms with van der Waals surface area (Å²) in [4.78, 5) is 5.21. The molecule has 5 nitrogen and oxygen atoms in total. The van der Waals surface area contributed by atoms with Gasteiger partial charge in [0.15, 0.2) is 0 Å². The minimum Gasteiger partial charge on any atom is -0.491 e. The Balaban J connectivity index is 1.54. The predicted molar refractivity (Wildman–Crippen MR) is 103 cm³/mol. The Morgan fingerprint density at radius 1 is 0.962 bits per heavy atom. The number of aliphatic hydroxyl groups excluding tert-OH is 2. The van der Waals surface area contributed by atoms with Crippen molar-refractivity contribution < 1.29 is 14.9 Å². The lowest BCUT2D eigenvalue weighted by Gasteiger charge is -2.46. The molecule has 1 aromatic carbocycles. The first kappa shape index (κ1) is 19.6. The van der Waals surface area contributed by atoms with Crippen molar-refractivity contribution in [2.75, 3.05) is 39.5 Å². The number of benzene rings is 1. The second kappa shape index (κ2) is 10.3. The van der Waals surface area contributed by atoms with Gasteiger partial charge in [0.25, 0.3) is 0 Å². The first-order valence-electron chi connectivity index (χ1n) is 10.2. The number of nitrogens with zero attached hydrogens (tertiary/aromatic N) is 2. The smallest absolute Gasteiger partial charge is 0.119 e. The molecule has 146 valence electrons. The van der Waals surface area contributed by atoms with Gasteiger partial charge in [0.1, 0.15) is 12.4 Å². The molecule has 0 unspecified atom stereocenters. The Kier molecular flexibility index (Phi) is 7.74. The van der Waals surface area contributed by atoms with Gasteiger partial charge in [0.05, 0.1) is 6.61 Å². The minimum atomic E-state index is 0.0409. The van der Waals surface area contributed by atoms with Gasteiger partial charge in [0.2, 0.25) is 0 Å². The summed E-state index contributed by atoms with van der Waals surface area (Å²) in [6.45, 7) is 4.86. The molecular formula is C21H34N2O3.